The minimum atomic E-state index is -0.0975. The summed E-state index contributed by atoms with van der Waals surface area (Å²) in [7, 11) is 0. The van der Waals surface area contributed by atoms with E-state index in [1.807, 2.05) is 6.92 Å². The standard InChI is InChI=1S/C12H17BrN2O2/c1-2-15(6-3-7-16)12(17)10-8-9(13)4-5-11(10)14/h4-5,8,16H,2-3,6-7,14H2,1H3. The highest BCUT2D eigenvalue weighted by atomic mass is 79.9. The Labute approximate surface area is 110 Å². The van der Waals surface area contributed by atoms with Crippen molar-refractivity contribution in [2.24, 2.45) is 0 Å². The number of nitrogens with zero attached hydrogens (tertiary/aromatic N) is 1. The lowest BCUT2D eigenvalue weighted by molar-refractivity contribution is 0.0755. The van der Waals surface area contributed by atoms with Crippen LogP contribution in [-0.2, 0) is 0 Å². The lowest BCUT2D eigenvalue weighted by Gasteiger charge is -2.21. The van der Waals surface area contributed by atoms with Gasteiger partial charge < -0.3 is 15.7 Å². The van der Waals surface area contributed by atoms with Crippen LogP contribution in [0.25, 0.3) is 0 Å². The Hall–Kier alpha value is -1.07. The van der Waals surface area contributed by atoms with Crippen LogP contribution in [0.3, 0.4) is 0 Å². The normalized spacial score (nSPS) is 10.3. The lowest BCUT2D eigenvalue weighted by atomic mass is 10.1. The maximum atomic E-state index is 12.2. The summed E-state index contributed by atoms with van der Waals surface area (Å²) in [6, 6.07) is 5.23. The molecule has 1 aromatic rings. The van der Waals surface area contributed by atoms with Crippen molar-refractivity contribution in [2.75, 3.05) is 25.4 Å². The zero-order chi connectivity index (χ0) is 12.8. The van der Waals surface area contributed by atoms with Gasteiger partial charge in [0, 0.05) is 29.9 Å². The number of nitrogens with two attached hydrogens (primary N) is 1. The van der Waals surface area contributed by atoms with E-state index in [1.165, 1.54) is 0 Å². The van der Waals surface area contributed by atoms with Gasteiger partial charge in [-0.3, -0.25) is 4.79 Å². The molecule has 94 valence electrons. The molecule has 0 fully saturated rings. The molecule has 0 saturated carbocycles. The fraction of sp³-hybridized carbons (Fsp3) is 0.417. The first-order valence-electron chi connectivity index (χ1n) is 5.55. The predicted octanol–water partition coefficient (Wildman–Crippen LogP) is 1.88. The van der Waals surface area contributed by atoms with E-state index >= 15 is 0 Å². The summed E-state index contributed by atoms with van der Waals surface area (Å²) in [4.78, 5) is 13.9. The smallest absolute Gasteiger partial charge is 0.255 e. The Morgan fingerprint density at radius 1 is 1.53 bits per heavy atom. The maximum absolute atomic E-state index is 12.2. The van der Waals surface area contributed by atoms with Crippen LogP contribution in [0.1, 0.15) is 23.7 Å². The van der Waals surface area contributed by atoms with Crippen LogP contribution in [0.15, 0.2) is 22.7 Å². The number of benzene rings is 1. The zero-order valence-electron chi connectivity index (χ0n) is 9.82. The summed E-state index contributed by atoms with van der Waals surface area (Å²) < 4.78 is 0.827. The van der Waals surface area contributed by atoms with Gasteiger partial charge in [0.05, 0.1) is 5.56 Å². The second-order valence-electron chi connectivity index (χ2n) is 3.69. The van der Waals surface area contributed by atoms with Gasteiger partial charge in [0.1, 0.15) is 0 Å². The number of aliphatic hydroxyl groups is 1. The molecule has 3 N–H and O–H groups in total. The first kappa shape index (κ1) is 14.0. The number of amides is 1. The van der Waals surface area contributed by atoms with Crippen LogP contribution in [0.2, 0.25) is 0 Å². The Morgan fingerprint density at radius 3 is 2.82 bits per heavy atom. The summed E-state index contributed by atoms with van der Waals surface area (Å²) >= 11 is 3.32. The minimum Gasteiger partial charge on any atom is -0.398 e. The van der Waals surface area contributed by atoms with Crippen LogP contribution in [0, 0.1) is 0 Å². The van der Waals surface area contributed by atoms with Crippen LogP contribution >= 0.6 is 15.9 Å². The molecule has 0 atom stereocenters. The highest BCUT2D eigenvalue weighted by Gasteiger charge is 2.16. The Kier molecular flexibility index (Phi) is 5.44. The Morgan fingerprint density at radius 2 is 2.24 bits per heavy atom. The average Bonchev–Trinajstić information content (AvgIpc) is 2.33. The van der Waals surface area contributed by atoms with E-state index in [0.717, 1.165) is 4.47 Å². The van der Waals surface area contributed by atoms with Crippen molar-refractivity contribution >= 4 is 27.5 Å². The van der Waals surface area contributed by atoms with Crippen molar-refractivity contribution in [3.05, 3.63) is 28.2 Å². The fourth-order valence-corrected chi connectivity index (χ4v) is 1.91. The van der Waals surface area contributed by atoms with Gasteiger partial charge in [-0.15, -0.1) is 0 Å². The summed E-state index contributed by atoms with van der Waals surface area (Å²) in [5.74, 6) is -0.0975. The first-order valence-corrected chi connectivity index (χ1v) is 6.34. The van der Waals surface area contributed by atoms with Crippen LogP contribution < -0.4 is 5.73 Å². The van der Waals surface area contributed by atoms with Gasteiger partial charge in [0.15, 0.2) is 0 Å². The number of hydrogen-bond donors (Lipinski definition) is 2. The second kappa shape index (κ2) is 6.61. The Bertz CT molecular complexity index is 396. The van der Waals surface area contributed by atoms with Crippen molar-refractivity contribution in [3.8, 4) is 0 Å². The lowest BCUT2D eigenvalue weighted by Crippen LogP contribution is -2.32. The van der Waals surface area contributed by atoms with E-state index < -0.39 is 0 Å². The third-order valence-electron chi connectivity index (χ3n) is 2.50. The molecule has 4 nitrogen and oxygen atoms in total. The van der Waals surface area contributed by atoms with E-state index in [-0.39, 0.29) is 12.5 Å². The second-order valence-corrected chi connectivity index (χ2v) is 4.61. The molecule has 0 aliphatic heterocycles. The van der Waals surface area contributed by atoms with Crippen molar-refractivity contribution < 1.29 is 9.90 Å². The van der Waals surface area contributed by atoms with Gasteiger partial charge in [0.25, 0.3) is 5.91 Å². The highest BCUT2D eigenvalue weighted by Crippen LogP contribution is 2.20. The monoisotopic (exact) mass is 300 g/mol. The van der Waals surface area contributed by atoms with E-state index in [1.54, 1.807) is 23.1 Å². The third kappa shape index (κ3) is 3.71. The maximum Gasteiger partial charge on any atom is 0.255 e. The summed E-state index contributed by atoms with van der Waals surface area (Å²) in [6.07, 6.45) is 0.577. The van der Waals surface area contributed by atoms with E-state index in [2.05, 4.69) is 15.9 Å². The first-order chi connectivity index (χ1) is 8.10. The predicted molar refractivity (Wildman–Crippen MR) is 71.8 cm³/mol. The quantitative estimate of drug-likeness (QED) is 0.816. The minimum absolute atomic E-state index is 0.0811. The van der Waals surface area contributed by atoms with Gasteiger partial charge in [-0.1, -0.05) is 15.9 Å². The number of carbonyl (C=O) groups excluding carboxylic acids is 1. The molecule has 1 amide bonds. The number of hydrogen-bond acceptors (Lipinski definition) is 3. The molecule has 0 bridgehead atoms. The molecule has 17 heavy (non-hydrogen) atoms. The molecule has 0 aliphatic carbocycles. The molecule has 0 radical (unpaired) electrons. The number of carbonyl (C=O) groups is 1. The molecule has 0 spiro atoms. The van der Waals surface area contributed by atoms with Gasteiger partial charge >= 0.3 is 0 Å². The molecule has 0 aromatic heterocycles. The molecule has 1 aromatic carbocycles. The molecule has 0 aliphatic rings. The molecular weight excluding hydrogens is 284 g/mol. The van der Waals surface area contributed by atoms with E-state index in [0.29, 0.717) is 30.8 Å². The fourth-order valence-electron chi connectivity index (χ4n) is 1.55. The number of nitrogen functional groups attached to an aromatic ring is 1. The molecule has 5 heteroatoms. The summed E-state index contributed by atoms with van der Waals surface area (Å²) in [5, 5.41) is 8.79. The van der Waals surface area contributed by atoms with Crippen molar-refractivity contribution in [3.63, 3.8) is 0 Å². The summed E-state index contributed by atoms with van der Waals surface area (Å²) in [6.45, 7) is 3.13. The molecule has 1 rings (SSSR count). The van der Waals surface area contributed by atoms with Crippen LogP contribution in [0.4, 0.5) is 5.69 Å². The number of aliphatic hydroxyl groups excluding tert-OH is 1. The van der Waals surface area contributed by atoms with Crippen LogP contribution in [0.5, 0.6) is 0 Å². The van der Waals surface area contributed by atoms with Gasteiger partial charge in [-0.2, -0.15) is 0 Å². The van der Waals surface area contributed by atoms with Crippen molar-refractivity contribution in [2.45, 2.75) is 13.3 Å². The topological polar surface area (TPSA) is 66.6 Å². The highest BCUT2D eigenvalue weighted by molar-refractivity contribution is 9.10. The molecule has 0 unspecified atom stereocenters. The van der Waals surface area contributed by atoms with Crippen molar-refractivity contribution in [1.82, 2.24) is 4.90 Å². The SMILES string of the molecule is CCN(CCCO)C(=O)c1cc(Br)ccc1N. The zero-order valence-corrected chi connectivity index (χ0v) is 11.4. The molecule has 0 saturated heterocycles. The van der Waals surface area contributed by atoms with E-state index in [4.69, 9.17) is 10.8 Å². The molecular formula is C12H17BrN2O2. The van der Waals surface area contributed by atoms with Gasteiger partial charge in [-0.05, 0) is 31.5 Å². The van der Waals surface area contributed by atoms with Gasteiger partial charge in [-0.25, -0.2) is 0 Å². The number of rotatable bonds is 5. The van der Waals surface area contributed by atoms with Crippen LogP contribution in [-0.4, -0.2) is 35.6 Å². The average molecular weight is 301 g/mol. The van der Waals surface area contributed by atoms with E-state index in [9.17, 15) is 4.79 Å². The van der Waals surface area contributed by atoms with Gasteiger partial charge in [0.2, 0.25) is 0 Å². The number of halogens is 1. The largest absolute Gasteiger partial charge is 0.398 e. The third-order valence-corrected chi connectivity index (χ3v) is 2.99. The Balaban J connectivity index is 2.89. The molecule has 0 heterocycles. The van der Waals surface area contributed by atoms with Crippen molar-refractivity contribution in [1.29, 1.82) is 0 Å². The number of anilines is 1. The summed E-state index contributed by atoms with van der Waals surface area (Å²) in [5.41, 5.74) is 6.77.